The Bertz CT molecular complexity index is 6.00. The van der Waals surface area contributed by atoms with Crippen LogP contribution in [0.25, 0.3) is 0 Å². The summed E-state index contributed by atoms with van der Waals surface area (Å²) >= 11 is 3.15. The third-order valence-electron chi connectivity index (χ3n) is 0. The first-order chi connectivity index (χ1) is 1.41. The molecule has 24 valence electrons. The molecular formula is C2H5BrZr. The molecule has 0 aliphatic rings. The number of halogens is 1. The maximum atomic E-state index is 3.15. The first-order valence-corrected chi connectivity index (χ1v) is 2.10. The third kappa shape index (κ3) is 10.1. The summed E-state index contributed by atoms with van der Waals surface area (Å²) in [5.74, 6) is 0. The van der Waals surface area contributed by atoms with Crippen molar-refractivity contribution in [2.45, 2.75) is 6.92 Å². The predicted molar refractivity (Wildman–Crippen MR) is 19.5 cm³/mol. The van der Waals surface area contributed by atoms with Crippen molar-refractivity contribution >= 4 is 15.9 Å². The summed E-state index contributed by atoms with van der Waals surface area (Å²) in [6.45, 7) is 2.04. The molecule has 0 rings (SSSR count). The van der Waals surface area contributed by atoms with E-state index in [4.69, 9.17) is 0 Å². The standard InChI is InChI=1S/C2H5Br.Zr/c1-2-3;/h2H2,1H3;. The van der Waals surface area contributed by atoms with E-state index < -0.39 is 0 Å². The van der Waals surface area contributed by atoms with Gasteiger partial charge in [0.15, 0.2) is 0 Å². The van der Waals surface area contributed by atoms with Gasteiger partial charge in [-0.05, 0) is 0 Å². The molecule has 4 heavy (non-hydrogen) atoms. The Morgan fingerprint density at radius 3 is 1.75 bits per heavy atom. The van der Waals surface area contributed by atoms with Crippen LogP contribution in [0.3, 0.4) is 0 Å². The second kappa shape index (κ2) is 8.84. The van der Waals surface area contributed by atoms with Crippen LogP contribution in [0.15, 0.2) is 0 Å². The van der Waals surface area contributed by atoms with Crippen molar-refractivity contribution < 1.29 is 26.2 Å². The molecule has 0 N–H and O–H groups in total. The molecule has 0 aromatic carbocycles. The van der Waals surface area contributed by atoms with Crippen LogP contribution >= 0.6 is 15.9 Å². The fourth-order valence-electron chi connectivity index (χ4n) is 0. The molecule has 0 fully saturated rings. The van der Waals surface area contributed by atoms with Gasteiger partial charge >= 0.3 is 0 Å². The largest absolute Gasteiger partial charge is 0.0931 e. The zero-order valence-corrected chi connectivity index (χ0v) is 6.63. The van der Waals surface area contributed by atoms with Gasteiger partial charge in [0.05, 0.1) is 0 Å². The molecule has 0 bridgehead atoms. The molecule has 0 radical (unpaired) electrons. The summed E-state index contributed by atoms with van der Waals surface area (Å²) in [6.07, 6.45) is 0. The number of hydrogen-bond donors (Lipinski definition) is 0. The van der Waals surface area contributed by atoms with E-state index in [-0.39, 0.29) is 26.2 Å². The molecular weight excluding hydrogens is 195 g/mol. The van der Waals surface area contributed by atoms with Gasteiger partial charge in [-0.25, -0.2) is 0 Å². The Labute approximate surface area is 54.2 Å². The smallest absolute Gasteiger partial charge is 0.000281 e. The molecule has 0 amide bonds. The van der Waals surface area contributed by atoms with Crippen molar-refractivity contribution in [1.82, 2.24) is 0 Å². The average molecular weight is 200 g/mol. The van der Waals surface area contributed by atoms with Crippen LogP contribution in [-0.4, -0.2) is 5.33 Å². The minimum Gasteiger partial charge on any atom is -0.0931 e. The van der Waals surface area contributed by atoms with E-state index in [2.05, 4.69) is 15.9 Å². The third-order valence-corrected chi connectivity index (χ3v) is 0. The van der Waals surface area contributed by atoms with Gasteiger partial charge in [-0.1, -0.05) is 22.9 Å². The van der Waals surface area contributed by atoms with E-state index >= 15 is 0 Å². The fraction of sp³-hybridized carbons (Fsp3) is 1.00. The van der Waals surface area contributed by atoms with Crippen LogP contribution in [0.1, 0.15) is 6.92 Å². The van der Waals surface area contributed by atoms with Crippen LogP contribution in [0.4, 0.5) is 0 Å². The summed E-state index contributed by atoms with van der Waals surface area (Å²) in [4.78, 5) is 0. The Morgan fingerprint density at radius 1 is 1.75 bits per heavy atom. The van der Waals surface area contributed by atoms with E-state index in [9.17, 15) is 0 Å². The Balaban J connectivity index is 0. The molecule has 0 aromatic heterocycles. The Morgan fingerprint density at radius 2 is 1.75 bits per heavy atom. The second-order valence-corrected chi connectivity index (χ2v) is 1.39. The van der Waals surface area contributed by atoms with Crippen molar-refractivity contribution in [3.63, 3.8) is 0 Å². The van der Waals surface area contributed by atoms with Crippen molar-refractivity contribution in [3.8, 4) is 0 Å². The van der Waals surface area contributed by atoms with Crippen molar-refractivity contribution in [2.24, 2.45) is 0 Å². The second-order valence-electron chi connectivity index (χ2n) is 0.267. The van der Waals surface area contributed by atoms with Crippen molar-refractivity contribution in [3.05, 3.63) is 0 Å². The van der Waals surface area contributed by atoms with Gasteiger partial charge in [0, 0.05) is 31.5 Å². The number of rotatable bonds is 0. The molecule has 0 saturated heterocycles. The summed E-state index contributed by atoms with van der Waals surface area (Å²) in [7, 11) is 0. The molecule has 0 heterocycles. The van der Waals surface area contributed by atoms with Gasteiger partial charge < -0.3 is 0 Å². The van der Waals surface area contributed by atoms with E-state index in [1.807, 2.05) is 6.92 Å². The topological polar surface area (TPSA) is 0 Å². The van der Waals surface area contributed by atoms with Crippen LogP contribution in [0, 0.1) is 0 Å². The molecule has 0 saturated carbocycles. The van der Waals surface area contributed by atoms with Crippen LogP contribution < -0.4 is 0 Å². The molecule has 0 atom stereocenters. The van der Waals surface area contributed by atoms with Gasteiger partial charge in [0.25, 0.3) is 0 Å². The minimum absolute atomic E-state index is 0. The summed E-state index contributed by atoms with van der Waals surface area (Å²) in [6, 6.07) is 0. The summed E-state index contributed by atoms with van der Waals surface area (Å²) in [5, 5.41) is 1.06. The number of hydrogen-bond acceptors (Lipinski definition) is 0. The van der Waals surface area contributed by atoms with E-state index in [0.29, 0.717) is 0 Å². The minimum atomic E-state index is 0. The van der Waals surface area contributed by atoms with E-state index in [1.54, 1.807) is 0 Å². The molecule has 0 spiro atoms. The van der Waals surface area contributed by atoms with Crippen molar-refractivity contribution in [2.75, 3.05) is 5.33 Å². The maximum Gasteiger partial charge on any atom is 0.000281 e. The first-order valence-electron chi connectivity index (χ1n) is 0.974. The Kier molecular flexibility index (Phi) is 19.9. The van der Waals surface area contributed by atoms with E-state index in [0.717, 1.165) is 5.33 Å². The fourth-order valence-corrected chi connectivity index (χ4v) is 0. The van der Waals surface area contributed by atoms with Gasteiger partial charge in [-0.3, -0.25) is 0 Å². The van der Waals surface area contributed by atoms with Gasteiger partial charge in [0.2, 0.25) is 0 Å². The maximum absolute atomic E-state index is 3.15. The summed E-state index contributed by atoms with van der Waals surface area (Å²) in [5.41, 5.74) is 0. The molecule has 0 aliphatic carbocycles. The molecule has 0 nitrogen and oxygen atoms in total. The van der Waals surface area contributed by atoms with Crippen LogP contribution in [-0.2, 0) is 26.2 Å². The molecule has 0 unspecified atom stereocenters. The zero-order chi connectivity index (χ0) is 2.71. The van der Waals surface area contributed by atoms with Gasteiger partial charge in [-0.2, -0.15) is 0 Å². The average Bonchev–Trinajstić information content (AvgIpc) is 0.918. The quantitative estimate of drug-likeness (QED) is 0.518. The molecule has 2 heteroatoms. The normalized spacial score (nSPS) is 4.50. The predicted octanol–water partition coefficient (Wildman–Crippen LogP) is 1.40. The molecule has 0 aliphatic heterocycles. The SMILES string of the molecule is CCBr.[Zr]. The zero-order valence-electron chi connectivity index (χ0n) is 2.59. The first kappa shape index (κ1) is 9.03. The Hall–Kier alpha value is 1.36. The van der Waals surface area contributed by atoms with Gasteiger partial charge in [0.1, 0.15) is 0 Å². The number of alkyl halides is 1. The monoisotopic (exact) mass is 198 g/mol. The van der Waals surface area contributed by atoms with Crippen LogP contribution in [0.5, 0.6) is 0 Å². The van der Waals surface area contributed by atoms with E-state index in [1.165, 1.54) is 0 Å². The van der Waals surface area contributed by atoms with Crippen LogP contribution in [0.2, 0.25) is 0 Å². The summed E-state index contributed by atoms with van der Waals surface area (Å²) < 4.78 is 0. The van der Waals surface area contributed by atoms with Crippen molar-refractivity contribution in [1.29, 1.82) is 0 Å². The molecule has 0 aromatic rings. The van der Waals surface area contributed by atoms with Gasteiger partial charge in [-0.15, -0.1) is 0 Å².